The Morgan fingerprint density at radius 2 is 2.19 bits per heavy atom. The van der Waals surface area contributed by atoms with Gasteiger partial charge in [0.15, 0.2) is 0 Å². The van der Waals surface area contributed by atoms with E-state index in [0.717, 1.165) is 26.1 Å². The highest BCUT2D eigenvalue weighted by Crippen LogP contribution is 2.14. The van der Waals surface area contributed by atoms with Gasteiger partial charge in [0, 0.05) is 18.7 Å². The first-order chi connectivity index (χ1) is 9.69. The van der Waals surface area contributed by atoms with Gasteiger partial charge in [-0.25, -0.2) is 4.39 Å². The van der Waals surface area contributed by atoms with Crippen LogP contribution < -0.4 is 10.6 Å². The summed E-state index contributed by atoms with van der Waals surface area (Å²) in [6.07, 6.45) is 1.13. The van der Waals surface area contributed by atoms with Crippen LogP contribution in [0, 0.1) is 11.7 Å². The molecule has 1 aromatic carbocycles. The van der Waals surface area contributed by atoms with Crippen molar-refractivity contribution in [2.45, 2.75) is 13.0 Å². The van der Waals surface area contributed by atoms with Gasteiger partial charge >= 0.3 is 0 Å². The summed E-state index contributed by atoms with van der Waals surface area (Å²) < 4.78 is 13.4. The lowest BCUT2D eigenvalue weighted by Crippen LogP contribution is -2.36. The summed E-state index contributed by atoms with van der Waals surface area (Å²) >= 11 is 0. The van der Waals surface area contributed by atoms with Crippen LogP contribution in [0.4, 0.5) is 4.39 Å². The number of nitrogens with zero attached hydrogens (tertiary/aromatic N) is 1. The van der Waals surface area contributed by atoms with Crippen LogP contribution in [-0.4, -0.2) is 44.0 Å². The zero-order valence-corrected chi connectivity index (χ0v) is 13.1. The molecule has 0 aliphatic carbocycles. The normalized spacial score (nSPS) is 18.3. The minimum absolute atomic E-state index is 0. The van der Waals surface area contributed by atoms with Crippen molar-refractivity contribution in [2.75, 3.05) is 33.2 Å². The van der Waals surface area contributed by atoms with E-state index in [4.69, 9.17) is 0 Å². The average Bonchev–Trinajstić information content (AvgIpc) is 2.85. The minimum Gasteiger partial charge on any atom is -0.351 e. The summed E-state index contributed by atoms with van der Waals surface area (Å²) in [5.74, 6) is 0.306. The maximum absolute atomic E-state index is 13.4. The van der Waals surface area contributed by atoms with Crippen LogP contribution in [-0.2, 0) is 11.3 Å². The van der Waals surface area contributed by atoms with Crippen LogP contribution in [0.1, 0.15) is 12.0 Å². The van der Waals surface area contributed by atoms with Gasteiger partial charge in [0.2, 0.25) is 5.91 Å². The second-order valence-electron chi connectivity index (χ2n) is 5.32. The predicted octanol–water partition coefficient (Wildman–Crippen LogP) is 1.41. The Kier molecular flexibility index (Phi) is 7.64. The molecule has 1 heterocycles. The summed E-state index contributed by atoms with van der Waals surface area (Å²) in [7, 11) is 1.95. The van der Waals surface area contributed by atoms with Gasteiger partial charge in [-0.15, -0.1) is 12.4 Å². The lowest BCUT2D eigenvalue weighted by Gasteiger charge is -2.15. The topological polar surface area (TPSA) is 44.4 Å². The summed E-state index contributed by atoms with van der Waals surface area (Å²) in [4.78, 5) is 14.0. The van der Waals surface area contributed by atoms with Crippen molar-refractivity contribution in [3.63, 3.8) is 0 Å². The highest BCUT2D eigenvalue weighted by atomic mass is 35.5. The molecule has 6 heteroatoms. The van der Waals surface area contributed by atoms with Crippen molar-refractivity contribution >= 4 is 18.3 Å². The largest absolute Gasteiger partial charge is 0.351 e. The third-order valence-electron chi connectivity index (χ3n) is 3.66. The number of carbonyl (C=O) groups is 1. The molecule has 1 unspecified atom stereocenters. The van der Waals surface area contributed by atoms with E-state index in [1.54, 1.807) is 18.2 Å². The molecule has 0 bridgehead atoms. The maximum Gasteiger partial charge on any atom is 0.234 e. The fourth-order valence-corrected chi connectivity index (χ4v) is 2.61. The zero-order chi connectivity index (χ0) is 14.4. The molecule has 0 aromatic heterocycles. The summed E-state index contributed by atoms with van der Waals surface area (Å²) in [5.41, 5.74) is 0.523. The molecule has 0 spiro atoms. The Morgan fingerprint density at radius 3 is 2.90 bits per heavy atom. The molecule has 1 aromatic rings. The lowest BCUT2D eigenvalue weighted by molar-refractivity contribution is -0.122. The number of likely N-dealkylation sites (tertiary alicyclic amines) is 1. The van der Waals surface area contributed by atoms with Crippen molar-refractivity contribution in [3.8, 4) is 0 Å². The first kappa shape index (κ1) is 17.9. The van der Waals surface area contributed by atoms with Crippen LogP contribution in [0.15, 0.2) is 24.3 Å². The van der Waals surface area contributed by atoms with Crippen molar-refractivity contribution in [1.82, 2.24) is 15.5 Å². The van der Waals surface area contributed by atoms with E-state index in [1.807, 2.05) is 7.05 Å². The van der Waals surface area contributed by atoms with Gasteiger partial charge in [-0.1, -0.05) is 18.2 Å². The Morgan fingerprint density at radius 1 is 1.43 bits per heavy atom. The van der Waals surface area contributed by atoms with E-state index in [0.29, 0.717) is 18.0 Å². The number of hydrogen-bond acceptors (Lipinski definition) is 3. The fourth-order valence-electron chi connectivity index (χ4n) is 2.61. The van der Waals surface area contributed by atoms with Crippen LogP contribution >= 0.6 is 12.4 Å². The number of amides is 1. The zero-order valence-electron chi connectivity index (χ0n) is 12.3. The van der Waals surface area contributed by atoms with E-state index < -0.39 is 0 Å². The Balaban J connectivity index is 0.00000220. The molecular formula is C15H23ClFN3O. The van der Waals surface area contributed by atoms with Crippen LogP contribution in [0.25, 0.3) is 0 Å². The molecule has 0 saturated carbocycles. The van der Waals surface area contributed by atoms with Gasteiger partial charge in [0.25, 0.3) is 0 Å². The van der Waals surface area contributed by atoms with E-state index >= 15 is 0 Å². The molecule has 21 heavy (non-hydrogen) atoms. The first-order valence-corrected chi connectivity index (χ1v) is 7.06. The highest BCUT2D eigenvalue weighted by molar-refractivity contribution is 5.85. The maximum atomic E-state index is 13.4. The molecule has 1 fully saturated rings. The number of hydrogen-bond donors (Lipinski definition) is 2. The van der Waals surface area contributed by atoms with Gasteiger partial charge < -0.3 is 10.6 Å². The minimum atomic E-state index is -0.275. The van der Waals surface area contributed by atoms with Crippen LogP contribution in [0.5, 0.6) is 0 Å². The van der Waals surface area contributed by atoms with Gasteiger partial charge in [-0.05, 0) is 38.5 Å². The predicted molar refractivity (Wildman–Crippen MR) is 84.0 cm³/mol. The van der Waals surface area contributed by atoms with Gasteiger partial charge in [-0.3, -0.25) is 9.69 Å². The molecule has 1 amide bonds. The van der Waals surface area contributed by atoms with Crippen molar-refractivity contribution in [3.05, 3.63) is 35.6 Å². The number of rotatable bonds is 6. The standard InChI is InChI=1S/C15H22FN3O.ClH/c1-17-8-12-6-7-19(10-12)11-15(20)18-9-13-4-2-3-5-14(13)16;/h2-5,12,17H,6-11H2,1H3,(H,18,20);1H. The molecular weight excluding hydrogens is 293 g/mol. The average molecular weight is 316 g/mol. The van der Waals surface area contributed by atoms with Gasteiger partial charge in [-0.2, -0.15) is 0 Å². The summed E-state index contributed by atoms with van der Waals surface area (Å²) in [6, 6.07) is 6.51. The summed E-state index contributed by atoms with van der Waals surface area (Å²) in [5, 5.41) is 5.94. The first-order valence-electron chi connectivity index (χ1n) is 7.06. The Hall–Kier alpha value is -1.17. The van der Waals surface area contributed by atoms with E-state index in [9.17, 15) is 9.18 Å². The van der Waals surface area contributed by atoms with E-state index in [1.165, 1.54) is 6.07 Å². The molecule has 1 saturated heterocycles. The Bertz CT molecular complexity index is 458. The fraction of sp³-hybridized carbons (Fsp3) is 0.533. The molecule has 118 valence electrons. The van der Waals surface area contributed by atoms with Crippen LogP contribution in [0.2, 0.25) is 0 Å². The second-order valence-corrected chi connectivity index (χ2v) is 5.32. The monoisotopic (exact) mass is 315 g/mol. The van der Waals surface area contributed by atoms with Gasteiger partial charge in [0.1, 0.15) is 5.82 Å². The summed E-state index contributed by atoms with van der Waals surface area (Å²) in [6.45, 7) is 3.55. The van der Waals surface area contributed by atoms with Gasteiger partial charge in [0.05, 0.1) is 6.54 Å². The van der Waals surface area contributed by atoms with Crippen molar-refractivity contribution in [1.29, 1.82) is 0 Å². The molecule has 4 nitrogen and oxygen atoms in total. The molecule has 1 aliphatic heterocycles. The molecule has 0 radical (unpaired) electrons. The lowest BCUT2D eigenvalue weighted by atomic mass is 10.1. The second kappa shape index (κ2) is 8.97. The Labute approximate surface area is 131 Å². The number of carbonyl (C=O) groups excluding carboxylic acids is 1. The molecule has 2 N–H and O–H groups in total. The third-order valence-corrected chi connectivity index (χ3v) is 3.66. The third kappa shape index (κ3) is 5.61. The molecule has 1 aliphatic rings. The van der Waals surface area contributed by atoms with E-state index in [2.05, 4.69) is 15.5 Å². The quantitative estimate of drug-likeness (QED) is 0.834. The smallest absolute Gasteiger partial charge is 0.234 e. The van der Waals surface area contributed by atoms with Crippen LogP contribution in [0.3, 0.4) is 0 Å². The number of nitrogens with one attached hydrogen (secondary N) is 2. The molecule has 1 atom stereocenters. The van der Waals surface area contributed by atoms with E-state index in [-0.39, 0.29) is 30.7 Å². The SMILES string of the molecule is CNCC1CCN(CC(=O)NCc2ccccc2F)C1.Cl. The molecule has 2 rings (SSSR count). The van der Waals surface area contributed by atoms with Crippen molar-refractivity contribution < 1.29 is 9.18 Å². The number of benzene rings is 1. The van der Waals surface area contributed by atoms with Crippen molar-refractivity contribution in [2.24, 2.45) is 5.92 Å². The highest BCUT2D eigenvalue weighted by Gasteiger charge is 2.23. The number of halogens is 2.